The molecule has 0 bridgehead atoms. The van der Waals surface area contributed by atoms with Crippen molar-refractivity contribution < 1.29 is 14.3 Å². The molecule has 0 radical (unpaired) electrons. The van der Waals surface area contributed by atoms with E-state index in [0.717, 1.165) is 37.1 Å². The van der Waals surface area contributed by atoms with Gasteiger partial charge in [-0.15, -0.1) is 0 Å². The third-order valence-corrected chi connectivity index (χ3v) is 4.91. The highest BCUT2D eigenvalue weighted by atomic mass is 32.2. The lowest BCUT2D eigenvalue weighted by molar-refractivity contribution is -0.100. The predicted octanol–water partition coefficient (Wildman–Crippen LogP) is 2.92. The van der Waals surface area contributed by atoms with Crippen LogP contribution in [0.3, 0.4) is 0 Å². The van der Waals surface area contributed by atoms with E-state index >= 15 is 0 Å². The van der Waals surface area contributed by atoms with Gasteiger partial charge in [0.25, 0.3) is 5.91 Å². The number of carbonyl (C=O) groups excluding carboxylic acids is 1. The SMILES string of the molecule is CSCc1ccc(C(=O)N2CCCCC2C2OCCO2)cc1. The molecule has 22 heavy (non-hydrogen) atoms. The van der Waals surface area contributed by atoms with Gasteiger partial charge in [0.1, 0.15) is 0 Å². The number of likely N-dealkylation sites (tertiary alicyclic amines) is 1. The summed E-state index contributed by atoms with van der Waals surface area (Å²) in [5.74, 6) is 1.07. The smallest absolute Gasteiger partial charge is 0.254 e. The van der Waals surface area contributed by atoms with Gasteiger partial charge in [-0.1, -0.05) is 12.1 Å². The first-order chi connectivity index (χ1) is 10.8. The van der Waals surface area contributed by atoms with E-state index in [1.54, 1.807) is 11.8 Å². The van der Waals surface area contributed by atoms with Crippen molar-refractivity contribution in [3.63, 3.8) is 0 Å². The summed E-state index contributed by atoms with van der Waals surface area (Å²) in [6.45, 7) is 2.05. The molecule has 1 aromatic carbocycles. The Morgan fingerprint density at radius 1 is 1.23 bits per heavy atom. The number of ether oxygens (including phenoxy) is 2. The van der Waals surface area contributed by atoms with Gasteiger partial charge < -0.3 is 14.4 Å². The Morgan fingerprint density at radius 2 is 1.95 bits per heavy atom. The summed E-state index contributed by atoms with van der Waals surface area (Å²) in [6.07, 6.45) is 4.98. The van der Waals surface area contributed by atoms with Gasteiger partial charge in [-0.3, -0.25) is 4.79 Å². The molecule has 1 amide bonds. The number of hydrogen-bond acceptors (Lipinski definition) is 4. The van der Waals surface area contributed by atoms with Gasteiger partial charge in [0, 0.05) is 17.9 Å². The van der Waals surface area contributed by atoms with Gasteiger partial charge in [-0.2, -0.15) is 11.8 Å². The highest BCUT2D eigenvalue weighted by Gasteiger charge is 2.36. The molecule has 0 saturated carbocycles. The average molecular weight is 321 g/mol. The van der Waals surface area contributed by atoms with Crippen LogP contribution in [0.5, 0.6) is 0 Å². The van der Waals surface area contributed by atoms with Crippen molar-refractivity contribution in [2.24, 2.45) is 0 Å². The molecule has 120 valence electrons. The molecule has 1 atom stereocenters. The summed E-state index contributed by atoms with van der Waals surface area (Å²) < 4.78 is 11.3. The van der Waals surface area contributed by atoms with E-state index in [0.29, 0.717) is 13.2 Å². The minimum Gasteiger partial charge on any atom is -0.348 e. The summed E-state index contributed by atoms with van der Waals surface area (Å²) in [5.41, 5.74) is 2.01. The third kappa shape index (κ3) is 3.47. The van der Waals surface area contributed by atoms with Gasteiger partial charge in [0.15, 0.2) is 6.29 Å². The van der Waals surface area contributed by atoms with Crippen molar-refractivity contribution in [3.8, 4) is 0 Å². The zero-order valence-corrected chi connectivity index (χ0v) is 13.8. The zero-order chi connectivity index (χ0) is 15.4. The Kier molecular flexibility index (Phi) is 5.39. The number of benzene rings is 1. The molecule has 2 heterocycles. The predicted molar refractivity (Wildman–Crippen MR) is 88.0 cm³/mol. The van der Waals surface area contributed by atoms with E-state index in [1.807, 2.05) is 29.2 Å². The maximum atomic E-state index is 12.8. The molecule has 0 aromatic heterocycles. The normalized spacial score (nSPS) is 23.0. The number of carbonyl (C=O) groups is 1. The van der Waals surface area contributed by atoms with Gasteiger partial charge >= 0.3 is 0 Å². The molecular formula is C17H23NO3S. The molecule has 1 unspecified atom stereocenters. The molecule has 2 aliphatic rings. The monoisotopic (exact) mass is 321 g/mol. The van der Waals surface area contributed by atoms with E-state index in [4.69, 9.17) is 9.47 Å². The highest BCUT2D eigenvalue weighted by Crippen LogP contribution is 2.26. The maximum Gasteiger partial charge on any atom is 0.254 e. The van der Waals surface area contributed by atoms with Crippen molar-refractivity contribution in [1.82, 2.24) is 4.90 Å². The van der Waals surface area contributed by atoms with Crippen molar-refractivity contribution in [1.29, 1.82) is 0 Å². The lowest BCUT2D eigenvalue weighted by Gasteiger charge is -2.38. The van der Waals surface area contributed by atoms with Gasteiger partial charge in [0.05, 0.1) is 19.3 Å². The summed E-state index contributed by atoms with van der Waals surface area (Å²) in [5, 5.41) is 0. The minimum absolute atomic E-state index is 0.0506. The Hall–Kier alpha value is -1.04. The zero-order valence-electron chi connectivity index (χ0n) is 13.0. The van der Waals surface area contributed by atoms with Crippen LogP contribution in [0.1, 0.15) is 35.2 Å². The van der Waals surface area contributed by atoms with Crippen molar-refractivity contribution in [3.05, 3.63) is 35.4 Å². The fourth-order valence-electron chi connectivity index (χ4n) is 3.17. The Balaban J connectivity index is 1.73. The number of thioether (sulfide) groups is 1. The van der Waals surface area contributed by atoms with Crippen molar-refractivity contribution in [2.45, 2.75) is 37.3 Å². The average Bonchev–Trinajstić information content (AvgIpc) is 3.10. The molecule has 3 rings (SSSR count). The first kappa shape index (κ1) is 15.8. The largest absolute Gasteiger partial charge is 0.348 e. The molecule has 1 aromatic rings. The van der Waals surface area contributed by atoms with Crippen LogP contribution in [0.25, 0.3) is 0 Å². The molecule has 0 aliphatic carbocycles. The quantitative estimate of drug-likeness (QED) is 0.855. The highest BCUT2D eigenvalue weighted by molar-refractivity contribution is 7.97. The van der Waals surface area contributed by atoms with Crippen LogP contribution < -0.4 is 0 Å². The fourth-order valence-corrected chi connectivity index (χ4v) is 3.69. The second kappa shape index (κ2) is 7.49. The fraction of sp³-hybridized carbons (Fsp3) is 0.588. The lowest BCUT2D eigenvalue weighted by Crippen LogP contribution is -2.50. The lowest BCUT2D eigenvalue weighted by atomic mass is 10.00. The molecule has 0 spiro atoms. The summed E-state index contributed by atoms with van der Waals surface area (Å²) in [4.78, 5) is 14.8. The van der Waals surface area contributed by atoms with Crippen LogP contribution >= 0.6 is 11.8 Å². The van der Waals surface area contributed by atoms with E-state index in [9.17, 15) is 4.79 Å². The molecular weight excluding hydrogens is 298 g/mol. The van der Waals surface area contributed by atoms with Crippen LogP contribution in [0, 0.1) is 0 Å². The molecule has 0 N–H and O–H groups in total. The van der Waals surface area contributed by atoms with Crippen LogP contribution in [0.15, 0.2) is 24.3 Å². The summed E-state index contributed by atoms with van der Waals surface area (Å²) in [7, 11) is 0. The second-order valence-electron chi connectivity index (χ2n) is 5.80. The molecule has 2 aliphatic heterocycles. The van der Waals surface area contributed by atoms with E-state index in [2.05, 4.69) is 6.26 Å². The van der Waals surface area contributed by atoms with Crippen LogP contribution in [0.4, 0.5) is 0 Å². The van der Waals surface area contributed by atoms with Gasteiger partial charge in [0.2, 0.25) is 0 Å². The number of rotatable bonds is 4. The van der Waals surface area contributed by atoms with Crippen LogP contribution in [-0.2, 0) is 15.2 Å². The van der Waals surface area contributed by atoms with E-state index in [-0.39, 0.29) is 18.2 Å². The Bertz CT molecular complexity index is 499. The number of piperidine rings is 1. The van der Waals surface area contributed by atoms with E-state index in [1.165, 1.54) is 5.56 Å². The van der Waals surface area contributed by atoms with E-state index < -0.39 is 0 Å². The summed E-state index contributed by atoms with van der Waals surface area (Å²) in [6, 6.07) is 8.03. The first-order valence-corrected chi connectivity index (χ1v) is 9.31. The third-order valence-electron chi connectivity index (χ3n) is 4.28. The standard InChI is InChI=1S/C17H23NO3S/c1-22-12-13-5-7-14(8-6-13)16(19)18-9-3-2-4-15(18)17-20-10-11-21-17/h5-8,15,17H,2-4,9-12H2,1H3. The Morgan fingerprint density at radius 3 is 2.64 bits per heavy atom. The maximum absolute atomic E-state index is 12.8. The first-order valence-electron chi connectivity index (χ1n) is 7.91. The second-order valence-corrected chi connectivity index (χ2v) is 6.67. The van der Waals surface area contributed by atoms with Crippen molar-refractivity contribution >= 4 is 17.7 Å². The molecule has 2 fully saturated rings. The van der Waals surface area contributed by atoms with Crippen LogP contribution in [-0.4, -0.2) is 49.2 Å². The number of nitrogens with zero attached hydrogens (tertiary/aromatic N) is 1. The molecule has 5 heteroatoms. The minimum atomic E-state index is -0.250. The molecule has 2 saturated heterocycles. The van der Waals surface area contributed by atoms with Gasteiger partial charge in [-0.05, 0) is 43.2 Å². The summed E-state index contributed by atoms with van der Waals surface area (Å²) >= 11 is 1.79. The molecule has 4 nitrogen and oxygen atoms in total. The topological polar surface area (TPSA) is 38.8 Å². The van der Waals surface area contributed by atoms with Crippen LogP contribution in [0.2, 0.25) is 0 Å². The number of amides is 1. The van der Waals surface area contributed by atoms with Gasteiger partial charge in [-0.25, -0.2) is 0 Å². The Labute approximate surface area is 136 Å². The number of hydrogen-bond donors (Lipinski definition) is 0. The van der Waals surface area contributed by atoms with Crippen molar-refractivity contribution in [2.75, 3.05) is 26.0 Å².